The molecule has 0 aliphatic heterocycles. The third kappa shape index (κ3) is 4.01. The van der Waals surface area contributed by atoms with E-state index in [2.05, 4.69) is 5.32 Å². The van der Waals surface area contributed by atoms with Crippen molar-refractivity contribution in [3.05, 3.63) is 17.7 Å². The van der Waals surface area contributed by atoms with Crippen LogP contribution >= 0.6 is 0 Å². The summed E-state index contributed by atoms with van der Waals surface area (Å²) in [6, 6.07) is 3.52. The minimum atomic E-state index is -0.607. The molecule has 0 aliphatic carbocycles. The number of hydrogen-bond acceptors (Lipinski definition) is 5. The smallest absolute Gasteiger partial charge is 0.227 e. The first-order chi connectivity index (χ1) is 9.89. The molecule has 0 fully saturated rings. The van der Waals surface area contributed by atoms with Gasteiger partial charge in [-0.1, -0.05) is 0 Å². The molecular formula is C15H24N2O4. The Morgan fingerprint density at radius 3 is 2.10 bits per heavy atom. The van der Waals surface area contributed by atoms with Gasteiger partial charge >= 0.3 is 0 Å². The Kier molecular flexibility index (Phi) is 5.84. The van der Waals surface area contributed by atoms with Gasteiger partial charge in [0.1, 0.15) is 5.75 Å². The highest BCUT2D eigenvalue weighted by Gasteiger charge is 2.25. The number of nitrogens with two attached hydrogens (primary N) is 1. The van der Waals surface area contributed by atoms with Crippen LogP contribution in [-0.2, 0) is 11.3 Å². The minimum absolute atomic E-state index is 0.109. The van der Waals surface area contributed by atoms with E-state index in [0.717, 1.165) is 5.56 Å². The maximum Gasteiger partial charge on any atom is 0.227 e. The second kappa shape index (κ2) is 7.17. The van der Waals surface area contributed by atoms with Crippen LogP contribution in [0.5, 0.6) is 17.2 Å². The van der Waals surface area contributed by atoms with Crippen molar-refractivity contribution in [2.24, 2.45) is 11.1 Å². The Labute approximate surface area is 125 Å². The number of hydrogen-bond donors (Lipinski definition) is 2. The third-order valence-corrected chi connectivity index (χ3v) is 3.35. The molecule has 0 saturated carbocycles. The van der Waals surface area contributed by atoms with E-state index >= 15 is 0 Å². The molecule has 0 heterocycles. The zero-order chi connectivity index (χ0) is 16.0. The zero-order valence-corrected chi connectivity index (χ0v) is 13.3. The molecule has 0 aliphatic rings. The largest absolute Gasteiger partial charge is 0.496 e. The van der Waals surface area contributed by atoms with Gasteiger partial charge in [-0.15, -0.1) is 0 Å². The normalized spacial score (nSPS) is 11.0. The fourth-order valence-corrected chi connectivity index (χ4v) is 1.74. The number of benzene rings is 1. The SMILES string of the molecule is COc1cc(OC)c(OC)cc1CNC(=O)C(C)(C)CN. The van der Waals surface area contributed by atoms with Gasteiger partial charge in [0.05, 0.1) is 26.7 Å². The van der Waals surface area contributed by atoms with E-state index in [1.54, 1.807) is 47.3 Å². The Morgan fingerprint density at radius 2 is 1.62 bits per heavy atom. The fourth-order valence-electron chi connectivity index (χ4n) is 1.74. The molecule has 1 rings (SSSR count). The van der Waals surface area contributed by atoms with Gasteiger partial charge in [-0.2, -0.15) is 0 Å². The summed E-state index contributed by atoms with van der Waals surface area (Å²) in [6.07, 6.45) is 0. The lowest BCUT2D eigenvalue weighted by atomic mass is 9.92. The number of nitrogens with one attached hydrogen (secondary N) is 1. The van der Waals surface area contributed by atoms with Crippen LogP contribution < -0.4 is 25.3 Å². The summed E-state index contributed by atoms with van der Waals surface area (Å²) in [4.78, 5) is 12.1. The predicted molar refractivity (Wildman–Crippen MR) is 80.8 cm³/mol. The number of carbonyl (C=O) groups is 1. The second-order valence-corrected chi connectivity index (χ2v) is 5.29. The summed E-state index contributed by atoms with van der Waals surface area (Å²) in [6.45, 7) is 4.20. The Morgan fingerprint density at radius 1 is 1.10 bits per heavy atom. The molecule has 0 saturated heterocycles. The van der Waals surface area contributed by atoms with E-state index < -0.39 is 5.41 Å². The first kappa shape index (κ1) is 17.1. The monoisotopic (exact) mass is 296 g/mol. The highest BCUT2D eigenvalue weighted by Crippen LogP contribution is 2.34. The molecule has 0 spiro atoms. The van der Waals surface area contributed by atoms with Crippen molar-refractivity contribution in [2.75, 3.05) is 27.9 Å². The van der Waals surface area contributed by atoms with Gasteiger partial charge in [0.15, 0.2) is 11.5 Å². The third-order valence-electron chi connectivity index (χ3n) is 3.35. The lowest BCUT2D eigenvalue weighted by molar-refractivity contribution is -0.129. The van der Waals surface area contributed by atoms with E-state index in [9.17, 15) is 4.79 Å². The number of ether oxygens (including phenoxy) is 3. The van der Waals surface area contributed by atoms with Crippen LogP contribution in [0.4, 0.5) is 0 Å². The molecule has 3 N–H and O–H groups in total. The van der Waals surface area contributed by atoms with Crippen LogP contribution in [0.15, 0.2) is 12.1 Å². The minimum Gasteiger partial charge on any atom is -0.496 e. The van der Waals surface area contributed by atoms with E-state index in [1.807, 2.05) is 0 Å². The van der Waals surface area contributed by atoms with Gasteiger partial charge in [0.2, 0.25) is 5.91 Å². The predicted octanol–water partition coefficient (Wildman–Crippen LogP) is 1.31. The van der Waals surface area contributed by atoms with Crippen LogP contribution in [0.1, 0.15) is 19.4 Å². The molecule has 0 unspecified atom stereocenters. The number of carbonyl (C=O) groups excluding carboxylic acids is 1. The molecule has 1 aromatic carbocycles. The molecule has 118 valence electrons. The van der Waals surface area contributed by atoms with Crippen LogP contribution in [-0.4, -0.2) is 33.8 Å². The van der Waals surface area contributed by atoms with Gasteiger partial charge in [0, 0.05) is 24.7 Å². The Bertz CT molecular complexity index is 501. The van der Waals surface area contributed by atoms with Crippen LogP contribution in [0.2, 0.25) is 0 Å². The Balaban J connectivity index is 2.95. The fraction of sp³-hybridized carbons (Fsp3) is 0.533. The maximum atomic E-state index is 12.1. The molecule has 1 aromatic rings. The van der Waals surface area contributed by atoms with Crippen molar-refractivity contribution in [1.29, 1.82) is 0 Å². The number of rotatable bonds is 7. The highest BCUT2D eigenvalue weighted by atomic mass is 16.5. The average Bonchev–Trinajstić information content (AvgIpc) is 2.51. The van der Waals surface area contributed by atoms with Crippen molar-refractivity contribution >= 4 is 5.91 Å². The van der Waals surface area contributed by atoms with Gasteiger partial charge in [0.25, 0.3) is 0 Å². The van der Waals surface area contributed by atoms with Crippen molar-refractivity contribution < 1.29 is 19.0 Å². The first-order valence-electron chi connectivity index (χ1n) is 6.66. The van der Waals surface area contributed by atoms with Crippen LogP contribution in [0, 0.1) is 5.41 Å². The highest BCUT2D eigenvalue weighted by molar-refractivity contribution is 5.82. The molecule has 21 heavy (non-hydrogen) atoms. The topological polar surface area (TPSA) is 82.8 Å². The molecule has 0 radical (unpaired) electrons. The summed E-state index contributed by atoms with van der Waals surface area (Å²) < 4.78 is 15.8. The van der Waals surface area contributed by atoms with E-state index in [4.69, 9.17) is 19.9 Å². The molecule has 0 bridgehead atoms. The summed E-state index contributed by atoms with van der Waals surface area (Å²) in [5.41, 5.74) is 5.79. The van der Waals surface area contributed by atoms with Gasteiger partial charge in [-0.25, -0.2) is 0 Å². The lowest BCUT2D eigenvalue weighted by Crippen LogP contribution is -2.41. The maximum absolute atomic E-state index is 12.1. The molecule has 0 aromatic heterocycles. The number of amides is 1. The molecule has 6 heteroatoms. The average molecular weight is 296 g/mol. The van der Waals surface area contributed by atoms with Crippen molar-refractivity contribution in [2.45, 2.75) is 20.4 Å². The Hall–Kier alpha value is -1.95. The van der Waals surface area contributed by atoms with E-state index in [1.165, 1.54) is 0 Å². The molecule has 0 atom stereocenters. The molecule has 6 nitrogen and oxygen atoms in total. The summed E-state index contributed by atoms with van der Waals surface area (Å²) in [5.74, 6) is 1.67. The summed E-state index contributed by atoms with van der Waals surface area (Å²) in [5, 5.41) is 2.86. The number of methoxy groups -OCH3 is 3. The van der Waals surface area contributed by atoms with Crippen LogP contribution in [0.3, 0.4) is 0 Å². The van der Waals surface area contributed by atoms with E-state index in [0.29, 0.717) is 23.8 Å². The standard InChI is InChI=1S/C15H24N2O4/c1-15(2,9-16)14(18)17-8-10-6-12(20-4)13(21-5)7-11(10)19-3/h6-7H,8-9,16H2,1-5H3,(H,17,18). The van der Waals surface area contributed by atoms with Gasteiger partial charge in [-0.05, 0) is 19.9 Å². The zero-order valence-electron chi connectivity index (χ0n) is 13.3. The summed E-state index contributed by atoms with van der Waals surface area (Å²) in [7, 11) is 4.68. The van der Waals surface area contributed by atoms with Crippen LogP contribution in [0.25, 0.3) is 0 Å². The first-order valence-corrected chi connectivity index (χ1v) is 6.66. The summed E-state index contributed by atoms with van der Waals surface area (Å²) >= 11 is 0. The second-order valence-electron chi connectivity index (χ2n) is 5.29. The van der Waals surface area contributed by atoms with Crippen molar-refractivity contribution in [3.63, 3.8) is 0 Å². The van der Waals surface area contributed by atoms with Crippen molar-refractivity contribution in [1.82, 2.24) is 5.32 Å². The molecule has 1 amide bonds. The lowest BCUT2D eigenvalue weighted by Gasteiger charge is -2.22. The molecular weight excluding hydrogens is 272 g/mol. The van der Waals surface area contributed by atoms with E-state index in [-0.39, 0.29) is 12.5 Å². The van der Waals surface area contributed by atoms with Gasteiger partial charge < -0.3 is 25.3 Å². The van der Waals surface area contributed by atoms with Gasteiger partial charge in [-0.3, -0.25) is 4.79 Å². The van der Waals surface area contributed by atoms with Crippen molar-refractivity contribution in [3.8, 4) is 17.2 Å². The quantitative estimate of drug-likeness (QED) is 0.793.